The monoisotopic (exact) mass is 397 g/mol. The molecule has 0 saturated carbocycles. The highest BCUT2D eigenvalue weighted by Crippen LogP contribution is 2.22. The summed E-state index contributed by atoms with van der Waals surface area (Å²) >= 11 is 1.45. The van der Waals surface area contributed by atoms with E-state index in [0.717, 1.165) is 43.4 Å². The largest absolute Gasteiger partial charge is 0.345 e. The van der Waals surface area contributed by atoms with E-state index >= 15 is 0 Å². The summed E-state index contributed by atoms with van der Waals surface area (Å²) in [4.78, 5) is 21.2. The van der Waals surface area contributed by atoms with Gasteiger partial charge in [-0.25, -0.2) is 4.98 Å². The molecule has 2 N–H and O–H groups in total. The summed E-state index contributed by atoms with van der Waals surface area (Å²) in [5, 5.41) is 0.964. The lowest BCUT2D eigenvalue weighted by molar-refractivity contribution is -0.134. The van der Waals surface area contributed by atoms with Crippen LogP contribution in [0.4, 0.5) is 5.13 Å². The number of rotatable bonds is 3. The summed E-state index contributed by atoms with van der Waals surface area (Å²) in [7, 11) is 0. The SMILES string of the molecule is CCc1nsc(N2CCCN(C(=O)[C@@H](N)C(C)(C)C)CC2)n1.Cl.Cl. The molecule has 1 fully saturated rings. The zero-order valence-electron chi connectivity index (χ0n) is 14.8. The van der Waals surface area contributed by atoms with E-state index in [1.54, 1.807) is 0 Å². The normalized spacial score (nSPS) is 16.7. The highest BCUT2D eigenvalue weighted by molar-refractivity contribution is 7.09. The fourth-order valence-corrected chi connectivity index (χ4v) is 3.21. The Labute approximate surface area is 161 Å². The maximum Gasteiger partial charge on any atom is 0.240 e. The van der Waals surface area contributed by atoms with Gasteiger partial charge in [0.2, 0.25) is 11.0 Å². The van der Waals surface area contributed by atoms with Crippen LogP contribution < -0.4 is 10.6 Å². The number of anilines is 1. The highest BCUT2D eigenvalue weighted by Gasteiger charge is 2.32. The van der Waals surface area contributed by atoms with E-state index in [4.69, 9.17) is 5.73 Å². The number of nitrogens with two attached hydrogens (primary N) is 1. The first-order valence-electron chi connectivity index (χ1n) is 7.95. The van der Waals surface area contributed by atoms with Gasteiger partial charge in [0.1, 0.15) is 5.82 Å². The number of hydrogen-bond donors (Lipinski definition) is 1. The molecular weight excluding hydrogens is 369 g/mol. The third kappa shape index (κ3) is 5.72. The Morgan fingerprint density at radius 2 is 1.92 bits per heavy atom. The van der Waals surface area contributed by atoms with Crippen molar-refractivity contribution in [2.75, 3.05) is 31.1 Å². The van der Waals surface area contributed by atoms with Crippen molar-refractivity contribution in [1.29, 1.82) is 0 Å². The molecule has 2 heterocycles. The van der Waals surface area contributed by atoms with Gasteiger partial charge in [-0.15, -0.1) is 24.8 Å². The molecular formula is C15H29Cl2N5OS. The van der Waals surface area contributed by atoms with Crippen molar-refractivity contribution < 1.29 is 4.79 Å². The first kappa shape index (κ1) is 23.4. The number of amides is 1. The minimum Gasteiger partial charge on any atom is -0.345 e. The van der Waals surface area contributed by atoms with Crippen LogP contribution in [0.5, 0.6) is 0 Å². The fourth-order valence-electron chi connectivity index (χ4n) is 2.41. The molecule has 1 amide bonds. The van der Waals surface area contributed by atoms with Crippen LogP contribution in [0.2, 0.25) is 0 Å². The average Bonchev–Trinajstić information content (AvgIpc) is 2.82. The summed E-state index contributed by atoms with van der Waals surface area (Å²) in [6, 6.07) is -0.452. The average molecular weight is 398 g/mol. The fraction of sp³-hybridized carbons (Fsp3) is 0.800. The van der Waals surface area contributed by atoms with E-state index in [2.05, 4.69) is 21.2 Å². The van der Waals surface area contributed by atoms with Gasteiger partial charge in [0, 0.05) is 44.1 Å². The molecule has 1 aliphatic rings. The topological polar surface area (TPSA) is 75.4 Å². The minimum atomic E-state index is -0.452. The molecule has 0 radical (unpaired) electrons. The zero-order valence-corrected chi connectivity index (χ0v) is 17.3. The maximum atomic E-state index is 12.5. The first-order chi connectivity index (χ1) is 10.3. The van der Waals surface area contributed by atoms with Gasteiger partial charge in [0.15, 0.2) is 0 Å². The molecule has 24 heavy (non-hydrogen) atoms. The number of hydrogen-bond acceptors (Lipinski definition) is 6. The second-order valence-corrected chi connectivity index (χ2v) is 7.59. The van der Waals surface area contributed by atoms with Crippen molar-refractivity contribution >= 4 is 47.4 Å². The lowest BCUT2D eigenvalue weighted by Gasteiger charge is -2.31. The lowest BCUT2D eigenvalue weighted by atomic mass is 9.86. The predicted octanol–water partition coefficient (Wildman–Crippen LogP) is 2.36. The number of halogens is 2. The van der Waals surface area contributed by atoms with Crippen molar-refractivity contribution in [2.24, 2.45) is 11.1 Å². The number of nitrogens with zero attached hydrogens (tertiary/aromatic N) is 4. The zero-order chi connectivity index (χ0) is 16.3. The van der Waals surface area contributed by atoms with Crippen LogP contribution >= 0.6 is 36.3 Å². The summed E-state index contributed by atoms with van der Waals surface area (Å²) in [6.45, 7) is 11.2. The van der Waals surface area contributed by atoms with Gasteiger partial charge < -0.3 is 15.5 Å². The third-order valence-corrected chi connectivity index (χ3v) is 4.87. The molecule has 0 unspecified atom stereocenters. The Hall–Kier alpha value is -0.630. The van der Waals surface area contributed by atoms with Crippen molar-refractivity contribution in [3.63, 3.8) is 0 Å². The van der Waals surface area contributed by atoms with Gasteiger partial charge in [-0.05, 0) is 11.8 Å². The second kappa shape index (κ2) is 9.75. The van der Waals surface area contributed by atoms with E-state index in [-0.39, 0.29) is 36.1 Å². The lowest BCUT2D eigenvalue weighted by Crippen LogP contribution is -2.51. The Kier molecular flexibility index (Phi) is 9.49. The molecule has 1 aromatic rings. The summed E-state index contributed by atoms with van der Waals surface area (Å²) < 4.78 is 4.34. The van der Waals surface area contributed by atoms with E-state index in [1.165, 1.54) is 11.5 Å². The number of aryl methyl sites for hydroxylation is 1. The molecule has 1 aliphatic heterocycles. The quantitative estimate of drug-likeness (QED) is 0.846. The van der Waals surface area contributed by atoms with Crippen molar-refractivity contribution in [1.82, 2.24) is 14.3 Å². The molecule has 2 rings (SSSR count). The summed E-state index contributed by atoms with van der Waals surface area (Å²) in [5.74, 6) is 0.952. The Bertz CT molecular complexity index is 520. The van der Waals surface area contributed by atoms with Crippen LogP contribution in [-0.4, -0.2) is 52.4 Å². The molecule has 1 saturated heterocycles. The smallest absolute Gasteiger partial charge is 0.240 e. The van der Waals surface area contributed by atoms with Crippen LogP contribution in [-0.2, 0) is 11.2 Å². The number of carbonyl (C=O) groups is 1. The molecule has 140 valence electrons. The molecule has 1 atom stereocenters. The van der Waals surface area contributed by atoms with Gasteiger partial charge in [-0.3, -0.25) is 4.79 Å². The van der Waals surface area contributed by atoms with Crippen LogP contribution in [0.15, 0.2) is 0 Å². The van der Waals surface area contributed by atoms with E-state index in [9.17, 15) is 4.79 Å². The van der Waals surface area contributed by atoms with Crippen LogP contribution in [0.1, 0.15) is 39.9 Å². The Morgan fingerprint density at radius 1 is 1.25 bits per heavy atom. The van der Waals surface area contributed by atoms with Crippen LogP contribution in [0, 0.1) is 5.41 Å². The summed E-state index contributed by atoms with van der Waals surface area (Å²) in [5.41, 5.74) is 5.91. The maximum absolute atomic E-state index is 12.5. The van der Waals surface area contributed by atoms with Gasteiger partial charge in [-0.2, -0.15) is 4.37 Å². The van der Waals surface area contributed by atoms with Gasteiger partial charge in [0.25, 0.3) is 0 Å². The predicted molar refractivity (Wildman–Crippen MR) is 105 cm³/mol. The molecule has 0 aliphatic carbocycles. The Morgan fingerprint density at radius 3 is 2.46 bits per heavy atom. The molecule has 0 bridgehead atoms. The second-order valence-electron chi connectivity index (χ2n) is 6.86. The standard InChI is InChI=1S/C15H27N5OS.2ClH/c1-5-11-17-14(22-18-11)20-8-6-7-19(9-10-20)13(21)12(16)15(2,3)4;;/h12H,5-10,16H2,1-4H3;2*1H/t12-;;/m1../s1. The molecule has 6 nitrogen and oxygen atoms in total. The first-order valence-corrected chi connectivity index (χ1v) is 8.72. The van der Waals surface area contributed by atoms with E-state index in [0.29, 0.717) is 6.54 Å². The van der Waals surface area contributed by atoms with Crippen molar-refractivity contribution in [2.45, 2.75) is 46.6 Å². The van der Waals surface area contributed by atoms with E-state index < -0.39 is 6.04 Å². The van der Waals surface area contributed by atoms with Crippen molar-refractivity contribution in [3.8, 4) is 0 Å². The van der Waals surface area contributed by atoms with Crippen LogP contribution in [0.25, 0.3) is 0 Å². The van der Waals surface area contributed by atoms with Crippen molar-refractivity contribution in [3.05, 3.63) is 5.82 Å². The molecule has 9 heteroatoms. The number of aromatic nitrogens is 2. The minimum absolute atomic E-state index is 0. The van der Waals surface area contributed by atoms with Gasteiger partial charge in [-0.1, -0.05) is 27.7 Å². The summed E-state index contributed by atoms with van der Waals surface area (Å²) in [6.07, 6.45) is 1.79. The molecule has 0 spiro atoms. The molecule has 0 aromatic carbocycles. The highest BCUT2D eigenvalue weighted by atomic mass is 35.5. The third-order valence-electron chi connectivity index (χ3n) is 4.05. The van der Waals surface area contributed by atoms with E-state index in [1.807, 2.05) is 25.7 Å². The van der Waals surface area contributed by atoms with Gasteiger partial charge >= 0.3 is 0 Å². The van der Waals surface area contributed by atoms with Gasteiger partial charge in [0.05, 0.1) is 6.04 Å². The number of carbonyl (C=O) groups excluding carboxylic acids is 1. The van der Waals surface area contributed by atoms with Crippen LogP contribution in [0.3, 0.4) is 0 Å². The Balaban J connectivity index is 0.00000264. The molecule has 1 aromatic heterocycles.